The van der Waals surface area contributed by atoms with E-state index < -0.39 is 0 Å². The van der Waals surface area contributed by atoms with Gasteiger partial charge >= 0.3 is 21.1 Å². The summed E-state index contributed by atoms with van der Waals surface area (Å²) in [6.45, 7) is 0. The normalized spacial score (nSPS) is 10.8. The molecule has 0 atom stereocenters. The zero-order valence-electron chi connectivity index (χ0n) is 17.4. The molecule has 0 aliphatic rings. The van der Waals surface area contributed by atoms with Crippen LogP contribution in [-0.2, 0) is 21.1 Å². The number of aromatic nitrogens is 3. The Hall–Kier alpha value is -3.75. The number of para-hydroxylation sites is 1. The first-order valence-electron chi connectivity index (χ1n) is 10.4. The van der Waals surface area contributed by atoms with Crippen LogP contribution in [0.1, 0.15) is 0 Å². The number of hydrogen-bond acceptors (Lipinski definition) is 3. The molecule has 3 heterocycles. The summed E-state index contributed by atoms with van der Waals surface area (Å²) < 4.78 is 8.28. The van der Waals surface area contributed by atoms with Gasteiger partial charge in [-0.15, -0.1) is 41.3 Å². The van der Waals surface area contributed by atoms with Crippen LogP contribution in [0.4, 0.5) is 0 Å². The molecule has 4 nitrogen and oxygen atoms in total. The molecule has 160 valence electrons. The number of pyridine rings is 2. The van der Waals surface area contributed by atoms with Crippen LogP contribution in [0.3, 0.4) is 0 Å². The molecule has 0 amide bonds. The van der Waals surface area contributed by atoms with E-state index in [1.165, 1.54) is 0 Å². The molecule has 0 bridgehead atoms. The first kappa shape index (κ1) is 21.1. The molecule has 0 saturated carbocycles. The van der Waals surface area contributed by atoms with E-state index in [1.807, 2.05) is 72.8 Å². The van der Waals surface area contributed by atoms with Crippen LogP contribution in [0.15, 0.2) is 103 Å². The van der Waals surface area contributed by atoms with E-state index in [0.29, 0.717) is 11.5 Å². The molecule has 3 aromatic carbocycles. The maximum atomic E-state index is 6.16. The Balaban J connectivity index is 0.00000228. The Morgan fingerprint density at radius 3 is 2.24 bits per heavy atom. The fourth-order valence-electron chi connectivity index (χ4n) is 3.95. The largest absolute Gasteiger partial charge is 2.00 e. The quantitative estimate of drug-likeness (QED) is 0.212. The van der Waals surface area contributed by atoms with Gasteiger partial charge in [0, 0.05) is 29.4 Å². The predicted molar refractivity (Wildman–Crippen MR) is 126 cm³/mol. The average molecular weight is 607 g/mol. The van der Waals surface area contributed by atoms with E-state index in [4.69, 9.17) is 4.74 Å². The van der Waals surface area contributed by atoms with Gasteiger partial charge in [-0.3, -0.25) is 0 Å². The maximum absolute atomic E-state index is 6.16. The zero-order valence-corrected chi connectivity index (χ0v) is 19.7. The first-order chi connectivity index (χ1) is 15.9. The fourth-order valence-corrected chi connectivity index (χ4v) is 3.95. The van der Waals surface area contributed by atoms with Crippen molar-refractivity contribution in [3.05, 3.63) is 116 Å². The van der Waals surface area contributed by atoms with Crippen molar-refractivity contribution in [3.63, 3.8) is 0 Å². The fraction of sp³-hybridized carbons (Fsp3) is 0. The van der Waals surface area contributed by atoms with Crippen LogP contribution in [0.2, 0.25) is 0 Å². The third-order valence-electron chi connectivity index (χ3n) is 5.36. The summed E-state index contributed by atoms with van der Waals surface area (Å²) in [6, 6.07) is 36.6. The third kappa shape index (κ3) is 3.94. The summed E-state index contributed by atoms with van der Waals surface area (Å²) in [6.07, 6.45) is 3.57. The van der Waals surface area contributed by atoms with Gasteiger partial charge in [0.15, 0.2) is 0 Å². The molecule has 0 fully saturated rings. The van der Waals surface area contributed by atoms with Crippen molar-refractivity contribution in [2.45, 2.75) is 0 Å². The van der Waals surface area contributed by atoms with Crippen LogP contribution < -0.4 is 4.74 Å². The second-order valence-corrected chi connectivity index (χ2v) is 7.37. The molecule has 0 N–H and O–H groups in total. The third-order valence-corrected chi connectivity index (χ3v) is 5.36. The second kappa shape index (κ2) is 9.01. The monoisotopic (exact) mass is 606 g/mol. The molecule has 0 radical (unpaired) electrons. The van der Waals surface area contributed by atoms with Crippen molar-refractivity contribution in [1.82, 2.24) is 14.5 Å². The Morgan fingerprint density at radius 1 is 0.636 bits per heavy atom. The van der Waals surface area contributed by atoms with Crippen molar-refractivity contribution in [2.75, 3.05) is 0 Å². The van der Waals surface area contributed by atoms with Crippen molar-refractivity contribution in [3.8, 4) is 28.6 Å². The van der Waals surface area contributed by atoms with E-state index >= 15 is 0 Å². The van der Waals surface area contributed by atoms with Crippen LogP contribution in [-0.4, -0.2) is 14.5 Å². The molecule has 0 aliphatic carbocycles. The van der Waals surface area contributed by atoms with Crippen molar-refractivity contribution in [1.29, 1.82) is 0 Å². The summed E-state index contributed by atoms with van der Waals surface area (Å²) >= 11 is 0. The van der Waals surface area contributed by atoms with E-state index in [0.717, 1.165) is 38.9 Å². The van der Waals surface area contributed by atoms with E-state index in [2.05, 4.69) is 44.9 Å². The molecule has 0 aliphatic heterocycles. The Bertz CT molecular complexity index is 1550. The van der Waals surface area contributed by atoms with Crippen LogP contribution in [0, 0.1) is 12.1 Å². The van der Waals surface area contributed by atoms with Crippen molar-refractivity contribution >= 4 is 21.8 Å². The molecular weight excluding hydrogens is 589 g/mol. The van der Waals surface area contributed by atoms with E-state index in [-0.39, 0.29) is 21.1 Å². The molecule has 6 aromatic rings. The summed E-state index contributed by atoms with van der Waals surface area (Å²) in [5.41, 5.74) is 3.74. The maximum Gasteiger partial charge on any atom is 2.00 e. The minimum absolute atomic E-state index is 0. The Labute approximate surface area is 205 Å². The molecule has 33 heavy (non-hydrogen) atoms. The van der Waals surface area contributed by atoms with Crippen LogP contribution in [0.5, 0.6) is 11.5 Å². The molecule has 5 heteroatoms. The van der Waals surface area contributed by atoms with Gasteiger partial charge < -0.3 is 14.3 Å². The minimum atomic E-state index is 0. The number of ether oxygens (including phenoxy) is 1. The Morgan fingerprint density at radius 2 is 1.42 bits per heavy atom. The van der Waals surface area contributed by atoms with Gasteiger partial charge in [0.1, 0.15) is 5.82 Å². The number of nitrogens with zero attached hydrogens (tertiary/aromatic N) is 3. The van der Waals surface area contributed by atoms with Gasteiger partial charge in [0.25, 0.3) is 0 Å². The smallest absolute Gasteiger partial charge is 0.503 e. The summed E-state index contributed by atoms with van der Waals surface area (Å²) in [5, 5.41) is 2.25. The zero-order chi connectivity index (χ0) is 21.3. The standard InChI is InChI=1S/C28H17N3O.Pt/c1-2-12-26-23(10-1)24-15-14-22(19-27(24)31(26)28-13-4-6-17-30-28)32-21-9-7-8-20(18-21)25-11-3-5-16-29-25;/h1-17H;/q-2;+2. The average Bonchev–Trinajstić information content (AvgIpc) is 3.19. The van der Waals surface area contributed by atoms with E-state index in [9.17, 15) is 0 Å². The van der Waals surface area contributed by atoms with Gasteiger partial charge in [0.2, 0.25) is 0 Å². The molecule has 6 rings (SSSR count). The predicted octanol–water partition coefficient (Wildman–Crippen LogP) is 6.63. The Kier molecular flexibility index (Phi) is 5.76. The van der Waals surface area contributed by atoms with Gasteiger partial charge in [-0.2, -0.15) is 6.07 Å². The van der Waals surface area contributed by atoms with Gasteiger partial charge in [-0.25, -0.2) is 4.98 Å². The minimum Gasteiger partial charge on any atom is -0.503 e. The number of fused-ring (bicyclic) bond motifs is 3. The molecule has 3 aromatic heterocycles. The topological polar surface area (TPSA) is 39.9 Å². The number of rotatable bonds is 4. The van der Waals surface area contributed by atoms with Crippen LogP contribution in [0.25, 0.3) is 38.9 Å². The van der Waals surface area contributed by atoms with Crippen molar-refractivity contribution < 1.29 is 25.8 Å². The van der Waals surface area contributed by atoms with Gasteiger partial charge in [-0.1, -0.05) is 48.0 Å². The number of hydrogen-bond donors (Lipinski definition) is 0. The molecule has 0 saturated heterocycles. The second-order valence-electron chi connectivity index (χ2n) is 7.37. The van der Waals surface area contributed by atoms with Gasteiger partial charge in [0.05, 0.1) is 0 Å². The first-order valence-corrected chi connectivity index (χ1v) is 10.4. The SMILES string of the molecule is [Pt+2].[c-]1c(Oc2[c-]c3c(cc2)c2ccccc2n3-c2ccccn2)cccc1-c1ccccn1. The van der Waals surface area contributed by atoms with E-state index in [1.54, 1.807) is 12.4 Å². The summed E-state index contributed by atoms with van der Waals surface area (Å²) in [7, 11) is 0. The molecule has 0 spiro atoms. The summed E-state index contributed by atoms with van der Waals surface area (Å²) in [5.74, 6) is 2.08. The van der Waals surface area contributed by atoms with Gasteiger partial charge in [-0.05, 0) is 35.3 Å². The summed E-state index contributed by atoms with van der Waals surface area (Å²) in [4.78, 5) is 8.97. The van der Waals surface area contributed by atoms with Crippen molar-refractivity contribution in [2.24, 2.45) is 0 Å². The van der Waals surface area contributed by atoms with Crippen LogP contribution >= 0.6 is 0 Å². The molecular formula is C28H17N3OPt. The molecule has 0 unspecified atom stereocenters. The number of benzene rings is 3.